The van der Waals surface area contributed by atoms with E-state index in [9.17, 15) is 4.79 Å². The Morgan fingerprint density at radius 2 is 2.12 bits per heavy atom. The molecule has 0 N–H and O–H groups in total. The number of carbonyl (C=O) groups excluding carboxylic acids is 1. The molecule has 0 spiro atoms. The molecule has 2 aliphatic rings. The zero-order valence-corrected chi connectivity index (χ0v) is 10.0. The Kier molecular flexibility index (Phi) is 3.15. The second kappa shape index (κ2) is 4.42. The second-order valence-corrected chi connectivity index (χ2v) is 4.97. The van der Waals surface area contributed by atoms with Crippen LogP contribution in [-0.4, -0.2) is 47.4 Å². The third-order valence-corrected chi connectivity index (χ3v) is 3.67. The molecular weight excluding hydrogens is 202 g/mol. The van der Waals surface area contributed by atoms with Gasteiger partial charge in [0.05, 0.1) is 12.5 Å². The van der Waals surface area contributed by atoms with E-state index >= 15 is 0 Å². The van der Waals surface area contributed by atoms with E-state index in [2.05, 4.69) is 13.0 Å². The fourth-order valence-electron chi connectivity index (χ4n) is 2.49. The average Bonchev–Trinajstić information content (AvgIpc) is 3.06. The Morgan fingerprint density at radius 1 is 1.44 bits per heavy atom. The summed E-state index contributed by atoms with van der Waals surface area (Å²) in [6, 6.07) is 2.68. The van der Waals surface area contributed by atoms with Gasteiger partial charge in [-0.3, -0.25) is 9.69 Å². The monoisotopic (exact) mass is 221 g/mol. The van der Waals surface area contributed by atoms with Crippen molar-refractivity contribution >= 4 is 5.91 Å². The van der Waals surface area contributed by atoms with Gasteiger partial charge < -0.3 is 4.90 Å². The maximum absolute atomic E-state index is 12.4. The zero-order valence-electron chi connectivity index (χ0n) is 10.0. The van der Waals surface area contributed by atoms with Crippen LogP contribution in [-0.2, 0) is 4.79 Å². The SMILES string of the molecule is CC1CCN(C)C(CC#N)C(=O)N1C1CC1. The summed E-state index contributed by atoms with van der Waals surface area (Å²) in [6.07, 6.45) is 3.60. The zero-order chi connectivity index (χ0) is 11.7. The molecule has 2 unspecified atom stereocenters. The highest BCUT2D eigenvalue weighted by atomic mass is 16.2. The number of rotatable bonds is 2. The second-order valence-electron chi connectivity index (χ2n) is 4.97. The minimum absolute atomic E-state index is 0.163. The standard InChI is InChI=1S/C12H19N3O/c1-9-6-8-14(2)11(5-7-13)12(16)15(9)10-3-4-10/h9-11H,3-6,8H2,1-2H3. The van der Waals surface area contributed by atoms with E-state index in [0.717, 1.165) is 25.8 Å². The molecule has 1 heterocycles. The predicted molar refractivity (Wildman–Crippen MR) is 60.6 cm³/mol. The fourth-order valence-corrected chi connectivity index (χ4v) is 2.49. The highest BCUT2D eigenvalue weighted by Gasteiger charge is 2.41. The summed E-state index contributed by atoms with van der Waals surface area (Å²) < 4.78 is 0. The topological polar surface area (TPSA) is 47.3 Å². The molecule has 0 bridgehead atoms. The van der Waals surface area contributed by atoms with Crippen LogP contribution in [0.5, 0.6) is 0 Å². The van der Waals surface area contributed by atoms with Crippen molar-refractivity contribution in [3.05, 3.63) is 0 Å². The molecule has 0 aromatic carbocycles. The molecule has 1 aliphatic carbocycles. The fraction of sp³-hybridized carbons (Fsp3) is 0.833. The molecule has 1 amide bonds. The van der Waals surface area contributed by atoms with Crippen LogP contribution in [0, 0.1) is 11.3 Å². The van der Waals surface area contributed by atoms with Gasteiger partial charge in [-0.2, -0.15) is 5.26 Å². The highest BCUT2D eigenvalue weighted by molar-refractivity contribution is 5.83. The number of nitriles is 1. The van der Waals surface area contributed by atoms with Crippen LogP contribution in [0.15, 0.2) is 0 Å². The molecule has 4 nitrogen and oxygen atoms in total. The molecule has 16 heavy (non-hydrogen) atoms. The van der Waals surface area contributed by atoms with Crippen LogP contribution in [0.1, 0.15) is 32.6 Å². The summed E-state index contributed by atoms with van der Waals surface area (Å²) in [5.41, 5.74) is 0. The minimum Gasteiger partial charge on any atom is -0.336 e. The molecule has 4 heteroatoms. The van der Waals surface area contributed by atoms with E-state index in [1.54, 1.807) is 0 Å². The van der Waals surface area contributed by atoms with E-state index in [0.29, 0.717) is 18.5 Å². The van der Waals surface area contributed by atoms with Crippen molar-refractivity contribution in [3.63, 3.8) is 0 Å². The first kappa shape index (κ1) is 11.4. The van der Waals surface area contributed by atoms with Crippen molar-refractivity contribution in [1.29, 1.82) is 5.26 Å². The van der Waals surface area contributed by atoms with Crippen molar-refractivity contribution in [3.8, 4) is 6.07 Å². The van der Waals surface area contributed by atoms with Crippen molar-refractivity contribution in [2.24, 2.45) is 0 Å². The Balaban J connectivity index is 2.18. The molecule has 1 saturated heterocycles. The van der Waals surface area contributed by atoms with Gasteiger partial charge in [0, 0.05) is 18.6 Å². The van der Waals surface area contributed by atoms with Gasteiger partial charge in [-0.05, 0) is 33.2 Å². The Bertz CT molecular complexity index is 319. The van der Waals surface area contributed by atoms with Crippen LogP contribution in [0.3, 0.4) is 0 Å². The van der Waals surface area contributed by atoms with E-state index < -0.39 is 0 Å². The maximum Gasteiger partial charge on any atom is 0.241 e. The number of carbonyl (C=O) groups is 1. The van der Waals surface area contributed by atoms with E-state index in [-0.39, 0.29) is 11.9 Å². The lowest BCUT2D eigenvalue weighted by atomic mass is 10.1. The molecule has 2 rings (SSSR count). The van der Waals surface area contributed by atoms with Crippen molar-refractivity contribution in [2.45, 2.75) is 50.7 Å². The molecule has 2 fully saturated rings. The molecule has 88 valence electrons. The van der Waals surface area contributed by atoms with Gasteiger partial charge in [0.2, 0.25) is 5.91 Å². The third-order valence-electron chi connectivity index (χ3n) is 3.67. The number of hydrogen-bond acceptors (Lipinski definition) is 3. The number of likely N-dealkylation sites (N-methyl/N-ethyl adjacent to an activating group) is 1. The van der Waals surface area contributed by atoms with Gasteiger partial charge in [0.15, 0.2) is 0 Å². The van der Waals surface area contributed by atoms with Gasteiger partial charge in [-0.1, -0.05) is 0 Å². The van der Waals surface area contributed by atoms with Crippen molar-refractivity contribution in [1.82, 2.24) is 9.80 Å². The summed E-state index contributed by atoms with van der Waals surface area (Å²) in [4.78, 5) is 16.4. The lowest BCUT2D eigenvalue weighted by Gasteiger charge is -2.29. The maximum atomic E-state index is 12.4. The first-order chi connectivity index (χ1) is 7.65. The van der Waals surface area contributed by atoms with Crippen LogP contribution in [0.25, 0.3) is 0 Å². The molecule has 1 aliphatic heterocycles. The minimum atomic E-state index is -0.226. The lowest BCUT2D eigenvalue weighted by molar-refractivity contribution is -0.137. The predicted octanol–water partition coefficient (Wildman–Crippen LogP) is 0.984. The van der Waals surface area contributed by atoms with Crippen LogP contribution in [0.2, 0.25) is 0 Å². The van der Waals surface area contributed by atoms with Crippen molar-refractivity contribution < 1.29 is 4.79 Å². The summed E-state index contributed by atoms with van der Waals surface area (Å²) in [5.74, 6) is 0.163. The Hall–Kier alpha value is -1.08. The van der Waals surface area contributed by atoms with Gasteiger partial charge in [-0.15, -0.1) is 0 Å². The number of nitrogens with zero attached hydrogens (tertiary/aromatic N) is 3. The Labute approximate surface area is 96.8 Å². The van der Waals surface area contributed by atoms with Gasteiger partial charge >= 0.3 is 0 Å². The van der Waals surface area contributed by atoms with Crippen molar-refractivity contribution in [2.75, 3.05) is 13.6 Å². The van der Waals surface area contributed by atoms with E-state index in [1.165, 1.54) is 0 Å². The van der Waals surface area contributed by atoms with E-state index in [1.807, 2.05) is 16.8 Å². The first-order valence-corrected chi connectivity index (χ1v) is 6.04. The third kappa shape index (κ3) is 2.05. The highest BCUT2D eigenvalue weighted by Crippen LogP contribution is 2.32. The largest absolute Gasteiger partial charge is 0.336 e. The lowest BCUT2D eigenvalue weighted by Crippen LogP contribution is -2.47. The molecule has 2 atom stereocenters. The first-order valence-electron chi connectivity index (χ1n) is 6.04. The molecular formula is C12H19N3O. The van der Waals surface area contributed by atoms with E-state index in [4.69, 9.17) is 5.26 Å². The number of amides is 1. The summed E-state index contributed by atoms with van der Waals surface area (Å²) in [5, 5.41) is 8.80. The van der Waals surface area contributed by atoms with Crippen LogP contribution < -0.4 is 0 Å². The molecule has 0 aromatic rings. The molecule has 0 radical (unpaired) electrons. The Morgan fingerprint density at radius 3 is 2.69 bits per heavy atom. The molecule has 1 saturated carbocycles. The average molecular weight is 221 g/mol. The normalized spacial score (nSPS) is 32.3. The van der Waals surface area contributed by atoms with Crippen LogP contribution >= 0.6 is 0 Å². The van der Waals surface area contributed by atoms with Gasteiger partial charge in [0.25, 0.3) is 0 Å². The summed E-state index contributed by atoms with van der Waals surface area (Å²) in [6.45, 7) is 3.03. The summed E-state index contributed by atoms with van der Waals surface area (Å²) >= 11 is 0. The molecule has 0 aromatic heterocycles. The van der Waals surface area contributed by atoms with Crippen LogP contribution in [0.4, 0.5) is 0 Å². The smallest absolute Gasteiger partial charge is 0.241 e. The number of hydrogen-bond donors (Lipinski definition) is 0. The quantitative estimate of drug-likeness (QED) is 0.698. The summed E-state index contributed by atoms with van der Waals surface area (Å²) in [7, 11) is 1.95. The van der Waals surface area contributed by atoms with Gasteiger partial charge in [-0.25, -0.2) is 0 Å². The van der Waals surface area contributed by atoms with Gasteiger partial charge in [0.1, 0.15) is 6.04 Å².